The van der Waals surface area contributed by atoms with E-state index in [-0.39, 0.29) is 0 Å². The third-order valence-corrected chi connectivity index (χ3v) is 5.92. The highest BCUT2D eigenvalue weighted by Crippen LogP contribution is 2.42. The molecule has 0 N–H and O–H groups in total. The van der Waals surface area contributed by atoms with E-state index in [0.29, 0.717) is 17.2 Å². The van der Waals surface area contributed by atoms with Crippen LogP contribution in [-0.2, 0) is 4.79 Å². The lowest BCUT2D eigenvalue weighted by Crippen LogP contribution is -2.42. The van der Waals surface area contributed by atoms with Crippen LogP contribution in [0.1, 0.15) is 57.8 Å². The predicted octanol–water partition coefficient (Wildman–Crippen LogP) is 2.90. The molecular formula is C17H30N2O. The lowest BCUT2D eigenvalue weighted by molar-refractivity contribution is -0.133. The van der Waals surface area contributed by atoms with Crippen LogP contribution in [0, 0.1) is 11.3 Å². The van der Waals surface area contributed by atoms with E-state index in [4.69, 9.17) is 0 Å². The van der Waals surface area contributed by atoms with Crippen LogP contribution in [-0.4, -0.2) is 48.9 Å². The highest BCUT2D eigenvalue weighted by atomic mass is 16.2. The van der Waals surface area contributed by atoms with E-state index in [1.54, 1.807) is 0 Å². The molecule has 1 aliphatic carbocycles. The summed E-state index contributed by atoms with van der Waals surface area (Å²) < 4.78 is 0. The van der Waals surface area contributed by atoms with Gasteiger partial charge in [-0.25, -0.2) is 0 Å². The normalized spacial score (nSPS) is 31.8. The second-order valence-electron chi connectivity index (χ2n) is 7.58. The van der Waals surface area contributed by atoms with Crippen molar-refractivity contribution in [3.05, 3.63) is 0 Å². The summed E-state index contributed by atoms with van der Waals surface area (Å²) in [5, 5.41) is 0. The highest BCUT2D eigenvalue weighted by molar-refractivity contribution is 5.76. The van der Waals surface area contributed by atoms with E-state index in [0.717, 1.165) is 19.4 Å². The van der Waals surface area contributed by atoms with E-state index in [9.17, 15) is 4.79 Å². The van der Waals surface area contributed by atoms with Crippen LogP contribution >= 0.6 is 0 Å². The Bertz CT molecular complexity index is 347. The van der Waals surface area contributed by atoms with Gasteiger partial charge in [-0.1, -0.05) is 25.7 Å². The maximum atomic E-state index is 11.6. The summed E-state index contributed by atoms with van der Waals surface area (Å²) in [5.41, 5.74) is 0.660. The van der Waals surface area contributed by atoms with Gasteiger partial charge in [0.1, 0.15) is 0 Å². The Hall–Kier alpha value is -0.570. The summed E-state index contributed by atoms with van der Waals surface area (Å²) in [7, 11) is 1.96. The Morgan fingerprint density at radius 3 is 2.60 bits per heavy atom. The minimum absolute atomic E-state index is 0.336. The fraction of sp³-hybridized carbons (Fsp3) is 0.941. The van der Waals surface area contributed by atoms with Gasteiger partial charge in [-0.15, -0.1) is 0 Å². The largest absolute Gasteiger partial charge is 0.345 e. The summed E-state index contributed by atoms with van der Waals surface area (Å²) >= 11 is 0. The van der Waals surface area contributed by atoms with E-state index in [1.807, 2.05) is 11.9 Å². The number of carbonyl (C=O) groups is 1. The van der Waals surface area contributed by atoms with E-state index in [1.165, 1.54) is 64.6 Å². The average Bonchev–Trinajstić information content (AvgIpc) is 2.67. The zero-order valence-electron chi connectivity index (χ0n) is 13.1. The Labute approximate surface area is 123 Å². The minimum atomic E-state index is 0.336. The van der Waals surface area contributed by atoms with Gasteiger partial charge in [0.2, 0.25) is 5.91 Å². The zero-order valence-corrected chi connectivity index (χ0v) is 13.1. The second kappa shape index (κ2) is 6.05. The molecule has 0 bridgehead atoms. The molecule has 3 fully saturated rings. The van der Waals surface area contributed by atoms with Crippen LogP contribution in [0.15, 0.2) is 0 Å². The molecule has 20 heavy (non-hydrogen) atoms. The van der Waals surface area contributed by atoms with Gasteiger partial charge >= 0.3 is 0 Å². The Kier molecular flexibility index (Phi) is 4.34. The van der Waals surface area contributed by atoms with Crippen molar-refractivity contribution in [2.24, 2.45) is 11.3 Å². The first-order valence-corrected chi connectivity index (χ1v) is 8.63. The molecule has 2 aliphatic heterocycles. The molecule has 1 spiro atoms. The molecule has 3 nitrogen and oxygen atoms in total. The number of hydrogen-bond donors (Lipinski definition) is 0. The monoisotopic (exact) mass is 278 g/mol. The topological polar surface area (TPSA) is 23.6 Å². The number of piperidine rings is 1. The third kappa shape index (κ3) is 3.19. The number of rotatable bonds is 2. The molecule has 0 radical (unpaired) electrons. The SMILES string of the molecule is CN1CC(CN2CCC3(CCCCCC3)C2)CCC1=O. The standard InChI is InChI=1S/C17H30N2O/c1-18-12-15(6-7-16(18)20)13-19-11-10-17(14-19)8-4-2-3-5-9-17/h15H,2-14H2,1H3. The smallest absolute Gasteiger partial charge is 0.222 e. The first-order valence-electron chi connectivity index (χ1n) is 8.63. The number of amides is 1. The molecule has 2 saturated heterocycles. The number of nitrogens with zero attached hydrogens (tertiary/aromatic N) is 2. The van der Waals surface area contributed by atoms with Crippen molar-refractivity contribution in [3.8, 4) is 0 Å². The summed E-state index contributed by atoms with van der Waals surface area (Å²) in [5.74, 6) is 1.04. The van der Waals surface area contributed by atoms with E-state index >= 15 is 0 Å². The molecule has 1 unspecified atom stereocenters. The van der Waals surface area contributed by atoms with Crippen molar-refractivity contribution in [2.75, 3.05) is 33.2 Å². The Morgan fingerprint density at radius 2 is 1.90 bits per heavy atom. The fourth-order valence-corrected chi connectivity index (χ4v) is 4.68. The van der Waals surface area contributed by atoms with Crippen molar-refractivity contribution in [1.82, 2.24) is 9.80 Å². The Balaban J connectivity index is 1.51. The van der Waals surface area contributed by atoms with Gasteiger partial charge in [0.05, 0.1) is 0 Å². The number of carbonyl (C=O) groups excluding carboxylic acids is 1. The van der Waals surface area contributed by atoms with Crippen molar-refractivity contribution in [1.29, 1.82) is 0 Å². The van der Waals surface area contributed by atoms with Gasteiger partial charge in [-0.2, -0.15) is 0 Å². The zero-order chi connectivity index (χ0) is 14.0. The molecule has 1 amide bonds. The molecule has 1 atom stereocenters. The molecule has 114 valence electrons. The van der Waals surface area contributed by atoms with Crippen LogP contribution in [0.5, 0.6) is 0 Å². The predicted molar refractivity (Wildman–Crippen MR) is 81.6 cm³/mol. The van der Waals surface area contributed by atoms with Gasteiger partial charge in [-0.3, -0.25) is 4.79 Å². The van der Waals surface area contributed by atoms with E-state index in [2.05, 4.69) is 4.90 Å². The molecule has 1 saturated carbocycles. The van der Waals surface area contributed by atoms with Crippen molar-refractivity contribution < 1.29 is 4.79 Å². The summed E-state index contributed by atoms with van der Waals surface area (Å²) in [4.78, 5) is 16.2. The number of hydrogen-bond acceptors (Lipinski definition) is 2. The highest BCUT2D eigenvalue weighted by Gasteiger charge is 2.38. The average molecular weight is 278 g/mol. The fourth-order valence-electron chi connectivity index (χ4n) is 4.68. The van der Waals surface area contributed by atoms with Gasteiger partial charge in [0.25, 0.3) is 0 Å². The molecular weight excluding hydrogens is 248 g/mol. The summed E-state index contributed by atoms with van der Waals surface area (Å²) in [6, 6.07) is 0. The van der Waals surface area contributed by atoms with Crippen molar-refractivity contribution in [2.45, 2.75) is 57.8 Å². The molecule has 3 rings (SSSR count). The minimum Gasteiger partial charge on any atom is -0.345 e. The maximum Gasteiger partial charge on any atom is 0.222 e. The van der Waals surface area contributed by atoms with Crippen LogP contribution < -0.4 is 0 Å². The second-order valence-corrected chi connectivity index (χ2v) is 7.58. The summed E-state index contributed by atoms with van der Waals surface area (Å²) in [6.07, 6.45) is 12.0. The summed E-state index contributed by atoms with van der Waals surface area (Å²) in [6.45, 7) is 4.83. The van der Waals surface area contributed by atoms with Crippen LogP contribution in [0.3, 0.4) is 0 Å². The molecule has 3 heteroatoms. The molecule has 2 heterocycles. The Morgan fingerprint density at radius 1 is 1.15 bits per heavy atom. The van der Waals surface area contributed by atoms with Crippen LogP contribution in [0.25, 0.3) is 0 Å². The van der Waals surface area contributed by atoms with Crippen molar-refractivity contribution >= 4 is 5.91 Å². The lowest BCUT2D eigenvalue weighted by atomic mass is 9.80. The van der Waals surface area contributed by atoms with Crippen molar-refractivity contribution in [3.63, 3.8) is 0 Å². The lowest BCUT2D eigenvalue weighted by Gasteiger charge is -2.33. The molecule has 0 aromatic heterocycles. The molecule has 3 aliphatic rings. The van der Waals surface area contributed by atoms with Gasteiger partial charge in [-0.05, 0) is 43.6 Å². The third-order valence-electron chi connectivity index (χ3n) is 5.92. The molecule has 0 aromatic rings. The van der Waals surface area contributed by atoms with E-state index < -0.39 is 0 Å². The number of likely N-dealkylation sites (tertiary alicyclic amines) is 2. The van der Waals surface area contributed by atoms with Gasteiger partial charge in [0, 0.05) is 33.1 Å². The first-order chi connectivity index (χ1) is 9.67. The van der Waals surface area contributed by atoms with Crippen LogP contribution in [0.2, 0.25) is 0 Å². The quantitative estimate of drug-likeness (QED) is 0.775. The molecule has 0 aromatic carbocycles. The first kappa shape index (κ1) is 14.4. The maximum absolute atomic E-state index is 11.6. The van der Waals surface area contributed by atoms with Crippen LogP contribution in [0.4, 0.5) is 0 Å². The van der Waals surface area contributed by atoms with Gasteiger partial charge in [0.15, 0.2) is 0 Å². The van der Waals surface area contributed by atoms with Gasteiger partial charge < -0.3 is 9.80 Å².